The van der Waals surface area contributed by atoms with Crippen molar-refractivity contribution in [3.05, 3.63) is 22.3 Å². The molecule has 1 rings (SSSR count). The second-order valence-electron chi connectivity index (χ2n) is 6.55. The number of amides is 1. The van der Waals surface area contributed by atoms with Gasteiger partial charge in [0, 0.05) is 32.6 Å². The number of methoxy groups -OCH3 is 1. The Labute approximate surface area is 182 Å². The maximum Gasteiger partial charge on any atom is 0.372 e. The highest BCUT2D eigenvalue weighted by atomic mass is 16.6. The molecule has 5 atom stereocenters. The van der Waals surface area contributed by atoms with Gasteiger partial charge in [-0.15, -0.1) is 0 Å². The van der Waals surface area contributed by atoms with Crippen LogP contribution in [0.5, 0.6) is 0 Å². The Morgan fingerprint density at radius 2 is 1.75 bits per heavy atom. The van der Waals surface area contributed by atoms with E-state index in [1.54, 1.807) is 0 Å². The summed E-state index contributed by atoms with van der Waals surface area (Å²) in [5.41, 5.74) is 8.94. The number of carbonyl (C=O) groups is 5. The highest BCUT2D eigenvalue weighted by Gasteiger charge is 2.47. The SMILES string of the molecule is COC(=O)C1=C[C@H](N=[N+]=[N-])[C@@H](NC(C)=O)C([C@@H](OC(C)=O)[C@H](COC(C)=O)OC(C)=O)O1. The zero-order valence-electron chi connectivity index (χ0n) is 18.1. The zero-order chi connectivity index (χ0) is 24.4. The molecule has 0 saturated heterocycles. The molecule has 0 fully saturated rings. The normalized spacial score (nSPS) is 21.3. The molecule has 0 aromatic carbocycles. The number of carbonyl (C=O) groups excluding carboxylic acids is 5. The largest absolute Gasteiger partial charge is 0.477 e. The van der Waals surface area contributed by atoms with E-state index >= 15 is 0 Å². The number of esters is 4. The van der Waals surface area contributed by atoms with Crippen molar-refractivity contribution >= 4 is 29.8 Å². The Kier molecular flexibility index (Phi) is 9.96. The first kappa shape index (κ1) is 26.2. The van der Waals surface area contributed by atoms with E-state index in [0.29, 0.717) is 0 Å². The molecule has 176 valence electrons. The number of ether oxygens (including phenoxy) is 5. The van der Waals surface area contributed by atoms with Crippen molar-refractivity contribution in [1.82, 2.24) is 5.32 Å². The molecule has 0 aliphatic carbocycles. The summed E-state index contributed by atoms with van der Waals surface area (Å²) in [7, 11) is 1.08. The number of hydrogen-bond acceptors (Lipinski definition) is 11. The maximum absolute atomic E-state index is 12.1. The highest BCUT2D eigenvalue weighted by Crippen LogP contribution is 2.28. The van der Waals surface area contributed by atoms with Crippen LogP contribution in [0.15, 0.2) is 16.9 Å². The number of nitrogens with one attached hydrogen (secondary N) is 1. The third-order valence-corrected chi connectivity index (χ3v) is 4.01. The average molecular weight is 456 g/mol. The van der Waals surface area contributed by atoms with Crippen LogP contribution in [0.25, 0.3) is 10.4 Å². The molecule has 1 unspecified atom stereocenters. The van der Waals surface area contributed by atoms with Crippen LogP contribution in [0.3, 0.4) is 0 Å². The molecule has 1 amide bonds. The lowest BCUT2D eigenvalue weighted by atomic mass is 9.92. The lowest BCUT2D eigenvalue weighted by Crippen LogP contribution is -2.61. The van der Waals surface area contributed by atoms with E-state index in [2.05, 4.69) is 20.1 Å². The molecule has 14 nitrogen and oxygen atoms in total. The van der Waals surface area contributed by atoms with Crippen LogP contribution in [0.2, 0.25) is 0 Å². The highest BCUT2D eigenvalue weighted by molar-refractivity contribution is 5.86. The second kappa shape index (κ2) is 12.2. The number of hydrogen-bond donors (Lipinski definition) is 1. The summed E-state index contributed by atoms with van der Waals surface area (Å²) in [4.78, 5) is 61.4. The van der Waals surface area contributed by atoms with Gasteiger partial charge in [0.1, 0.15) is 6.61 Å². The van der Waals surface area contributed by atoms with Gasteiger partial charge in [0.2, 0.25) is 11.7 Å². The Balaban J connectivity index is 3.57. The summed E-state index contributed by atoms with van der Waals surface area (Å²) in [5, 5.41) is 6.07. The molecule has 0 aromatic rings. The summed E-state index contributed by atoms with van der Waals surface area (Å²) in [6.07, 6.45) is -3.19. The molecule has 0 bridgehead atoms. The van der Waals surface area contributed by atoms with Crippen molar-refractivity contribution in [1.29, 1.82) is 0 Å². The van der Waals surface area contributed by atoms with E-state index in [1.165, 1.54) is 6.92 Å². The van der Waals surface area contributed by atoms with Gasteiger partial charge in [-0.05, 0) is 11.6 Å². The first-order valence-corrected chi connectivity index (χ1v) is 9.26. The van der Waals surface area contributed by atoms with Crippen LogP contribution >= 0.6 is 0 Å². The predicted molar refractivity (Wildman–Crippen MR) is 103 cm³/mol. The van der Waals surface area contributed by atoms with Crippen molar-refractivity contribution in [3.63, 3.8) is 0 Å². The topological polar surface area (TPSA) is 192 Å². The summed E-state index contributed by atoms with van der Waals surface area (Å²) in [6, 6.07) is -2.35. The third kappa shape index (κ3) is 7.80. The average Bonchev–Trinajstić information content (AvgIpc) is 2.69. The van der Waals surface area contributed by atoms with E-state index in [-0.39, 0.29) is 0 Å². The van der Waals surface area contributed by atoms with Crippen molar-refractivity contribution in [3.8, 4) is 0 Å². The van der Waals surface area contributed by atoms with Gasteiger partial charge in [-0.3, -0.25) is 19.2 Å². The monoisotopic (exact) mass is 456 g/mol. The molecule has 0 aromatic heterocycles. The second-order valence-corrected chi connectivity index (χ2v) is 6.55. The number of azide groups is 1. The van der Waals surface area contributed by atoms with Gasteiger partial charge in [0.25, 0.3) is 0 Å². The van der Waals surface area contributed by atoms with Crippen molar-refractivity contribution in [2.45, 2.75) is 58.1 Å². The summed E-state index contributed by atoms with van der Waals surface area (Å²) < 4.78 is 25.6. The first-order valence-electron chi connectivity index (χ1n) is 9.26. The molecule has 1 aliphatic rings. The van der Waals surface area contributed by atoms with Gasteiger partial charge in [0.05, 0.1) is 19.2 Å². The molecule has 1 heterocycles. The minimum atomic E-state index is -1.50. The molecule has 14 heteroatoms. The molecule has 0 saturated carbocycles. The number of rotatable bonds is 9. The van der Waals surface area contributed by atoms with Gasteiger partial charge in [-0.25, -0.2) is 4.79 Å². The van der Waals surface area contributed by atoms with Crippen LogP contribution in [-0.2, 0) is 47.7 Å². The summed E-state index contributed by atoms with van der Waals surface area (Å²) in [6.45, 7) is 3.87. The van der Waals surface area contributed by atoms with Gasteiger partial charge in [-0.1, -0.05) is 5.11 Å². The Hall–Kier alpha value is -3.80. The smallest absolute Gasteiger partial charge is 0.372 e. The molecule has 0 spiro atoms. The fourth-order valence-corrected chi connectivity index (χ4v) is 2.92. The minimum absolute atomic E-state index is 0.400. The van der Waals surface area contributed by atoms with Crippen LogP contribution in [0.4, 0.5) is 0 Å². The van der Waals surface area contributed by atoms with Crippen molar-refractivity contribution < 1.29 is 47.7 Å². The Morgan fingerprint density at radius 1 is 1.12 bits per heavy atom. The molecule has 32 heavy (non-hydrogen) atoms. The van der Waals surface area contributed by atoms with E-state index in [1.807, 2.05) is 0 Å². The van der Waals surface area contributed by atoms with E-state index < -0.39 is 72.5 Å². The summed E-state index contributed by atoms with van der Waals surface area (Å²) >= 11 is 0. The predicted octanol–water partition coefficient (Wildman–Crippen LogP) is 0.0522. The maximum atomic E-state index is 12.1. The van der Waals surface area contributed by atoms with E-state index in [0.717, 1.165) is 34.0 Å². The summed E-state index contributed by atoms with van der Waals surface area (Å²) in [5.74, 6) is -4.27. The molecule has 1 aliphatic heterocycles. The quantitative estimate of drug-likeness (QED) is 0.163. The number of nitrogens with zero attached hydrogens (tertiary/aromatic N) is 3. The van der Waals surface area contributed by atoms with Gasteiger partial charge in [-0.2, -0.15) is 0 Å². The standard InChI is InChI=1S/C18H24N4O10/c1-8(23)20-15-12(21-22-19)6-13(18(27)28-5)32-17(15)16(31-11(4)26)14(30-10(3)25)7-29-9(2)24/h6,12,14-17H,7H2,1-5H3,(H,20,23)/t12-,14-,15+,16-,17?/m0/s1. The zero-order valence-corrected chi connectivity index (χ0v) is 18.1. The van der Waals surface area contributed by atoms with Gasteiger partial charge in [0.15, 0.2) is 18.3 Å². The van der Waals surface area contributed by atoms with Gasteiger partial charge >= 0.3 is 23.9 Å². The van der Waals surface area contributed by atoms with Crippen molar-refractivity contribution in [2.24, 2.45) is 5.11 Å². The lowest BCUT2D eigenvalue weighted by Gasteiger charge is -2.40. The Bertz CT molecular complexity index is 836. The molecular weight excluding hydrogens is 432 g/mol. The minimum Gasteiger partial charge on any atom is -0.477 e. The fraction of sp³-hybridized carbons (Fsp3) is 0.611. The van der Waals surface area contributed by atoms with Crippen molar-refractivity contribution in [2.75, 3.05) is 13.7 Å². The molecule has 0 radical (unpaired) electrons. The van der Waals surface area contributed by atoms with E-state index in [4.69, 9.17) is 24.5 Å². The van der Waals surface area contributed by atoms with E-state index in [9.17, 15) is 24.0 Å². The van der Waals surface area contributed by atoms with Crippen LogP contribution in [-0.4, -0.2) is 73.9 Å². The Morgan fingerprint density at radius 3 is 2.22 bits per heavy atom. The fourth-order valence-electron chi connectivity index (χ4n) is 2.92. The molecular formula is C18H24N4O10. The third-order valence-electron chi connectivity index (χ3n) is 4.01. The molecule has 1 N–H and O–H groups in total. The van der Waals surface area contributed by atoms with Crippen LogP contribution < -0.4 is 5.32 Å². The van der Waals surface area contributed by atoms with Crippen LogP contribution in [0.1, 0.15) is 27.7 Å². The lowest BCUT2D eigenvalue weighted by molar-refractivity contribution is -0.187. The van der Waals surface area contributed by atoms with Gasteiger partial charge < -0.3 is 29.0 Å². The first-order chi connectivity index (χ1) is 15.0. The van der Waals surface area contributed by atoms with Crippen LogP contribution in [0, 0.1) is 0 Å².